The molecule has 1 saturated carbocycles. The first-order valence-corrected chi connectivity index (χ1v) is 7.34. The molecule has 0 aromatic rings. The van der Waals surface area contributed by atoms with Crippen molar-refractivity contribution in [1.82, 2.24) is 5.32 Å². The molecule has 0 amide bonds. The van der Waals surface area contributed by atoms with Crippen LogP contribution in [0.3, 0.4) is 0 Å². The average molecular weight is 397 g/mol. The Kier molecular flexibility index (Phi) is 10.9. The number of ether oxygens (including phenoxy) is 1. The predicted molar refractivity (Wildman–Crippen MR) is 92.4 cm³/mol. The Morgan fingerprint density at radius 2 is 2.00 bits per heavy atom. The van der Waals surface area contributed by atoms with Gasteiger partial charge in [-0.15, -0.1) is 24.0 Å². The summed E-state index contributed by atoms with van der Waals surface area (Å²) in [4.78, 5) is 15.5. The maximum absolute atomic E-state index is 11.3. The lowest BCUT2D eigenvalue weighted by molar-refractivity contribution is -0.147. The van der Waals surface area contributed by atoms with Gasteiger partial charge in [0.15, 0.2) is 5.96 Å². The third-order valence-electron chi connectivity index (χ3n) is 3.15. The largest absolute Gasteiger partial charge is 0.463 e. The maximum atomic E-state index is 11.3. The highest BCUT2D eigenvalue weighted by molar-refractivity contribution is 14.0. The molecule has 0 spiro atoms. The number of esters is 1. The number of halogens is 1. The van der Waals surface area contributed by atoms with Crippen molar-refractivity contribution >= 4 is 35.9 Å². The molecule has 0 aromatic heterocycles. The van der Waals surface area contributed by atoms with Gasteiger partial charge in [-0.2, -0.15) is 0 Å². The quantitative estimate of drug-likeness (QED) is 0.238. The Labute approximate surface area is 139 Å². The van der Waals surface area contributed by atoms with E-state index in [-0.39, 0.29) is 36.0 Å². The number of aliphatic imine (C=N–C) groups is 1. The summed E-state index contributed by atoms with van der Waals surface area (Å²) < 4.78 is 5.04. The summed E-state index contributed by atoms with van der Waals surface area (Å²) in [5.74, 6) is 0.341. The SMILES string of the molecule is CC(C)OC(=O)CCCN=C(N)NC1CCCCC1.I. The molecule has 118 valence electrons. The van der Waals surface area contributed by atoms with Gasteiger partial charge in [0.05, 0.1) is 6.10 Å². The van der Waals surface area contributed by atoms with E-state index in [0.717, 1.165) is 0 Å². The number of rotatable bonds is 6. The number of nitrogens with zero attached hydrogens (tertiary/aromatic N) is 1. The van der Waals surface area contributed by atoms with E-state index in [1.54, 1.807) is 0 Å². The van der Waals surface area contributed by atoms with E-state index in [9.17, 15) is 4.79 Å². The van der Waals surface area contributed by atoms with E-state index in [0.29, 0.717) is 31.4 Å². The molecule has 6 heteroatoms. The first-order valence-electron chi connectivity index (χ1n) is 7.34. The van der Waals surface area contributed by atoms with Gasteiger partial charge in [0.2, 0.25) is 0 Å². The normalized spacial score (nSPS) is 16.6. The van der Waals surface area contributed by atoms with Gasteiger partial charge in [-0.3, -0.25) is 9.79 Å². The predicted octanol–water partition coefficient (Wildman–Crippen LogP) is 2.57. The second kappa shape index (κ2) is 11.2. The number of carbonyl (C=O) groups is 1. The lowest BCUT2D eigenvalue weighted by atomic mass is 9.96. The van der Waals surface area contributed by atoms with Gasteiger partial charge in [0.1, 0.15) is 0 Å². The van der Waals surface area contributed by atoms with E-state index in [4.69, 9.17) is 10.5 Å². The summed E-state index contributed by atoms with van der Waals surface area (Å²) in [6.07, 6.45) is 7.25. The molecule has 0 aliphatic heterocycles. The molecule has 20 heavy (non-hydrogen) atoms. The van der Waals surface area contributed by atoms with Crippen molar-refractivity contribution in [3.05, 3.63) is 0 Å². The molecule has 3 N–H and O–H groups in total. The number of hydrogen-bond acceptors (Lipinski definition) is 3. The van der Waals surface area contributed by atoms with E-state index >= 15 is 0 Å². The molecular weight excluding hydrogens is 369 g/mol. The van der Waals surface area contributed by atoms with E-state index < -0.39 is 0 Å². The zero-order valence-electron chi connectivity index (χ0n) is 12.6. The third-order valence-corrected chi connectivity index (χ3v) is 3.15. The van der Waals surface area contributed by atoms with Crippen molar-refractivity contribution in [2.75, 3.05) is 6.54 Å². The van der Waals surface area contributed by atoms with Gasteiger partial charge in [-0.05, 0) is 33.1 Å². The molecule has 0 bridgehead atoms. The maximum Gasteiger partial charge on any atom is 0.306 e. The molecule has 1 fully saturated rings. The van der Waals surface area contributed by atoms with Crippen LogP contribution in [0.25, 0.3) is 0 Å². The zero-order chi connectivity index (χ0) is 14.1. The molecule has 0 heterocycles. The van der Waals surface area contributed by atoms with Crippen LogP contribution >= 0.6 is 24.0 Å². The molecule has 0 unspecified atom stereocenters. The Hall–Kier alpha value is -0.530. The molecule has 0 aromatic carbocycles. The average Bonchev–Trinajstić information content (AvgIpc) is 2.35. The van der Waals surface area contributed by atoms with E-state index in [1.807, 2.05) is 13.8 Å². The number of guanidine groups is 1. The van der Waals surface area contributed by atoms with Crippen LogP contribution in [0.1, 0.15) is 58.8 Å². The van der Waals surface area contributed by atoms with Crippen LogP contribution in [0, 0.1) is 0 Å². The number of nitrogens with two attached hydrogens (primary N) is 1. The molecule has 1 rings (SSSR count). The Morgan fingerprint density at radius 1 is 1.35 bits per heavy atom. The van der Waals surface area contributed by atoms with Gasteiger partial charge in [-0.1, -0.05) is 19.3 Å². The van der Waals surface area contributed by atoms with Crippen molar-refractivity contribution in [2.24, 2.45) is 10.7 Å². The molecule has 1 aliphatic carbocycles. The second-order valence-corrected chi connectivity index (χ2v) is 5.39. The number of nitrogens with one attached hydrogen (secondary N) is 1. The second-order valence-electron chi connectivity index (χ2n) is 5.39. The minimum absolute atomic E-state index is 0. The van der Waals surface area contributed by atoms with Crippen LogP contribution in [-0.2, 0) is 9.53 Å². The summed E-state index contributed by atoms with van der Waals surface area (Å²) >= 11 is 0. The van der Waals surface area contributed by atoms with Crippen LogP contribution < -0.4 is 11.1 Å². The van der Waals surface area contributed by atoms with Crippen molar-refractivity contribution < 1.29 is 9.53 Å². The summed E-state index contributed by atoms with van der Waals surface area (Å²) in [6.45, 7) is 4.27. The summed E-state index contributed by atoms with van der Waals surface area (Å²) in [5.41, 5.74) is 5.82. The van der Waals surface area contributed by atoms with Crippen molar-refractivity contribution in [3.63, 3.8) is 0 Å². The highest BCUT2D eigenvalue weighted by Gasteiger charge is 2.13. The monoisotopic (exact) mass is 397 g/mol. The number of hydrogen-bond donors (Lipinski definition) is 2. The first-order chi connectivity index (χ1) is 9.08. The fourth-order valence-electron chi connectivity index (χ4n) is 2.25. The topological polar surface area (TPSA) is 76.7 Å². The molecule has 0 radical (unpaired) electrons. The van der Waals surface area contributed by atoms with Crippen LogP contribution in [0.4, 0.5) is 0 Å². The smallest absolute Gasteiger partial charge is 0.306 e. The Balaban J connectivity index is 0.00000361. The lowest BCUT2D eigenvalue weighted by Crippen LogP contribution is -2.41. The zero-order valence-corrected chi connectivity index (χ0v) is 14.9. The van der Waals surface area contributed by atoms with Crippen molar-refractivity contribution in [3.8, 4) is 0 Å². The molecule has 0 atom stereocenters. The molecule has 5 nitrogen and oxygen atoms in total. The molecular formula is C14H28IN3O2. The van der Waals surface area contributed by atoms with Crippen LogP contribution in [0.15, 0.2) is 4.99 Å². The third kappa shape index (κ3) is 9.39. The minimum atomic E-state index is -0.163. The summed E-state index contributed by atoms with van der Waals surface area (Å²) in [7, 11) is 0. The van der Waals surface area contributed by atoms with Crippen LogP contribution in [0.5, 0.6) is 0 Å². The van der Waals surface area contributed by atoms with Crippen LogP contribution in [-0.4, -0.2) is 30.6 Å². The van der Waals surface area contributed by atoms with Gasteiger partial charge in [0.25, 0.3) is 0 Å². The van der Waals surface area contributed by atoms with Gasteiger partial charge >= 0.3 is 5.97 Å². The van der Waals surface area contributed by atoms with Gasteiger partial charge in [0, 0.05) is 19.0 Å². The number of carbonyl (C=O) groups excluding carboxylic acids is 1. The van der Waals surface area contributed by atoms with E-state index in [2.05, 4.69) is 10.3 Å². The van der Waals surface area contributed by atoms with E-state index in [1.165, 1.54) is 32.1 Å². The van der Waals surface area contributed by atoms with Crippen molar-refractivity contribution in [1.29, 1.82) is 0 Å². The van der Waals surface area contributed by atoms with Gasteiger partial charge < -0.3 is 15.8 Å². The summed E-state index contributed by atoms with van der Waals surface area (Å²) in [6, 6.07) is 0.475. The Bertz CT molecular complexity index is 303. The first kappa shape index (κ1) is 19.5. The highest BCUT2D eigenvalue weighted by Crippen LogP contribution is 2.16. The fraction of sp³-hybridized carbons (Fsp3) is 0.857. The lowest BCUT2D eigenvalue weighted by Gasteiger charge is -2.23. The van der Waals surface area contributed by atoms with Crippen molar-refractivity contribution in [2.45, 2.75) is 70.9 Å². The molecule has 1 aliphatic rings. The van der Waals surface area contributed by atoms with Gasteiger partial charge in [-0.25, -0.2) is 0 Å². The summed E-state index contributed by atoms with van der Waals surface area (Å²) in [5, 5.41) is 3.25. The molecule has 0 saturated heterocycles. The standard InChI is InChI=1S/C14H27N3O2.HI/c1-11(2)19-13(18)9-6-10-16-14(15)17-12-7-4-3-5-8-12;/h11-12H,3-10H2,1-2H3,(H3,15,16,17);1H. The fourth-order valence-corrected chi connectivity index (χ4v) is 2.25. The minimum Gasteiger partial charge on any atom is -0.463 e. The van der Waals surface area contributed by atoms with Crippen LogP contribution in [0.2, 0.25) is 0 Å². The Morgan fingerprint density at radius 3 is 2.60 bits per heavy atom. The highest BCUT2D eigenvalue weighted by atomic mass is 127.